The number of fused-ring (bicyclic) bond motifs is 8. The van der Waals surface area contributed by atoms with E-state index in [-0.39, 0.29) is 47.5 Å². The SMILES string of the molecule is Cc1ccc(C2=NOC3C4CC(C23)C2C(=O)NC(=O)C42)cc1. The molecule has 6 unspecified atom stereocenters. The number of benzene rings is 1. The predicted molar refractivity (Wildman–Crippen MR) is 77.8 cm³/mol. The van der Waals surface area contributed by atoms with Crippen molar-refractivity contribution in [1.82, 2.24) is 5.32 Å². The molecular weight excluding hydrogens is 280 g/mol. The molecule has 1 aromatic carbocycles. The Hall–Kier alpha value is -2.17. The lowest BCUT2D eigenvalue weighted by Crippen LogP contribution is -2.41. The Morgan fingerprint density at radius 3 is 2.45 bits per heavy atom. The van der Waals surface area contributed by atoms with Gasteiger partial charge in [0.25, 0.3) is 0 Å². The standard InChI is InChI=1S/C17H16N2O3/c1-7-2-4-8(5-3-7)14-13-9-6-10(15(13)22-19-14)12-11(9)16(20)18-17(12)21/h2-5,9-13,15H,6H2,1H3,(H,18,20,21). The van der Waals surface area contributed by atoms with Crippen molar-refractivity contribution in [3.05, 3.63) is 35.4 Å². The van der Waals surface area contributed by atoms with E-state index in [1.807, 2.05) is 0 Å². The lowest BCUT2D eigenvalue weighted by atomic mass is 9.71. The molecule has 0 radical (unpaired) electrons. The minimum absolute atomic E-state index is 0.0424. The summed E-state index contributed by atoms with van der Waals surface area (Å²) in [6.07, 6.45) is 0.855. The molecular formula is C17H16N2O3. The van der Waals surface area contributed by atoms with Crippen molar-refractivity contribution in [2.75, 3.05) is 0 Å². The molecule has 2 bridgehead atoms. The molecule has 22 heavy (non-hydrogen) atoms. The van der Waals surface area contributed by atoms with Crippen LogP contribution in [0.3, 0.4) is 0 Å². The second-order valence-electron chi connectivity index (χ2n) is 6.91. The number of amides is 2. The van der Waals surface area contributed by atoms with Crippen molar-refractivity contribution in [2.45, 2.75) is 19.4 Å². The molecule has 0 spiro atoms. The number of nitrogens with one attached hydrogen (secondary N) is 1. The van der Waals surface area contributed by atoms with Gasteiger partial charge in [-0.1, -0.05) is 35.0 Å². The molecule has 2 aliphatic heterocycles. The number of carbonyl (C=O) groups is 2. The Balaban J connectivity index is 1.53. The zero-order chi connectivity index (χ0) is 15.0. The van der Waals surface area contributed by atoms with E-state index in [0.29, 0.717) is 0 Å². The summed E-state index contributed by atoms with van der Waals surface area (Å²) in [5.74, 6) is -0.162. The largest absolute Gasteiger partial charge is 0.391 e. The fraction of sp³-hybridized carbons (Fsp3) is 0.471. The van der Waals surface area contributed by atoms with Crippen LogP contribution in [0.15, 0.2) is 29.4 Å². The molecule has 6 atom stereocenters. The van der Waals surface area contributed by atoms with Gasteiger partial charge in [-0.05, 0) is 24.8 Å². The van der Waals surface area contributed by atoms with Crippen LogP contribution in [0.25, 0.3) is 0 Å². The van der Waals surface area contributed by atoms with Gasteiger partial charge in [0, 0.05) is 11.8 Å². The van der Waals surface area contributed by atoms with E-state index < -0.39 is 0 Å². The van der Waals surface area contributed by atoms with Gasteiger partial charge in [0.2, 0.25) is 11.8 Å². The van der Waals surface area contributed by atoms with Crippen LogP contribution in [0.4, 0.5) is 0 Å². The first-order valence-corrected chi connectivity index (χ1v) is 7.80. The van der Waals surface area contributed by atoms with Crippen molar-refractivity contribution in [3.63, 3.8) is 0 Å². The Morgan fingerprint density at radius 1 is 1.05 bits per heavy atom. The molecule has 1 saturated heterocycles. The molecule has 1 N–H and O–H groups in total. The van der Waals surface area contributed by atoms with Gasteiger partial charge in [-0.3, -0.25) is 14.9 Å². The molecule has 3 fully saturated rings. The first kappa shape index (κ1) is 12.4. The summed E-state index contributed by atoms with van der Waals surface area (Å²) >= 11 is 0. The minimum Gasteiger partial charge on any atom is -0.391 e. The fourth-order valence-corrected chi connectivity index (χ4v) is 5.01. The summed E-state index contributed by atoms with van der Waals surface area (Å²) in [6, 6.07) is 8.24. The van der Waals surface area contributed by atoms with E-state index in [9.17, 15) is 9.59 Å². The smallest absolute Gasteiger partial charge is 0.230 e. The summed E-state index contributed by atoms with van der Waals surface area (Å²) in [6.45, 7) is 2.05. The van der Waals surface area contributed by atoms with Gasteiger partial charge in [0.1, 0.15) is 6.10 Å². The fourth-order valence-electron chi connectivity index (χ4n) is 5.01. The van der Waals surface area contributed by atoms with Gasteiger partial charge in [-0.2, -0.15) is 0 Å². The maximum Gasteiger partial charge on any atom is 0.230 e. The van der Waals surface area contributed by atoms with Crippen molar-refractivity contribution in [3.8, 4) is 0 Å². The molecule has 2 saturated carbocycles. The lowest BCUT2D eigenvalue weighted by Gasteiger charge is -2.29. The number of rotatable bonds is 1. The molecule has 1 aromatic rings. The maximum atomic E-state index is 12.1. The average Bonchev–Trinajstić information content (AvgIpc) is 3.21. The number of carbonyl (C=O) groups excluding carboxylic acids is 2. The molecule has 4 aliphatic rings. The second-order valence-corrected chi connectivity index (χ2v) is 6.91. The molecule has 112 valence electrons. The predicted octanol–water partition coefficient (Wildman–Crippen LogP) is 1.25. The van der Waals surface area contributed by atoms with Crippen molar-refractivity contribution in [1.29, 1.82) is 0 Å². The van der Waals surface area contributed by atoms with Gasteiger partial charge in [0.15, 0.2) is 0 Å². The highest BCUT2D eigenvalue weighted by atomic mass is 16.6. The minimum atomic E-state index is -0.202. The molecule has 2 aliphatic carbocycles. The maximum absolute atomic E-state index is 12.1. The third-order valence-corrected chi connectivity index (χ3v) is 5.88. The average molecular weight is 296 g/mol. The van der Waals surface area contributed by atoms with Crippen molar-refractivity contribution < 1.29 is 14.4 Å². The summed E-state index contributed by atoms with van der Waals surface area (Å²) < 4.78 is 0. The monoisotopic (exact) mass is 296 g/mol. The highest BCUT2D eigenvalue weighted by Crippen LogP contribution is 2.60. The Bertz CT molecular complexity index is 724. The normalized spacial score (nSPS) is 41.0. The summed E-state index contributed by atoms with van der Waals surface area (Å²) in [5.41, 5.74) is 3.21. The second kappa shape index (κ2) is 3.97. The van der Waals surface area contributed by atoms with Gasteiger partial charge in [0.05, 0.1) is 17.5 Å². The van der Waals surface area contributed by atoms with Crippen LogP contribution in [0.2, 0.25) is 0 Å². The molecule has 2 amide bonds. The van der Waals surface area contributed by atoms with E-state index in [1.54, 1.807) is 0 Å². The highest BCUT2D eigenvalue weighted by Gasteiger charge is 2.68. The van der Waals surface area contributed by atoms with Gasteiger partial charge < -0.3 is 4.84 Å². The highest BCUT2D eigenvalue weighted by molar-refractivity contribution is 6.08. The number of aryl methyl sites for hydroxylation is 1. The number of hydrogen-bond donors (Lipinski definition) is 1. The number of hydrogen-bond acceptors (Lipinski definition) is 4. The Labute approximate surface area is 127 Å². The third kappa shape index (κ3) is 1.36. The zero-order valence-electron chi connectivity index (χ0n) is 12.2. The summed E-state index contributed by atoms with van der Waals surface area (Å²) in [7, 11) is 0. The van der Waals surface area contributed by atoms with Gasteiger partial charge in [-0.15, -0.1) is 0 Å². The van der Waals surface area contributed by atoms with E-state index in [1.165, 1.54) is 5.56 Å². The van der Waals surface area contributed by atoms with E-state index >= 15 is 0 Å². The van der Waals surface area contributed by atoms with E-state index in [4.69, 9.17) is 4.84 Å². The zero-order valence-corrected chi connectivity index (χ0v) is 12.2. The number of nitrogens with zero attached hydrogens (tertiary/aromatic N) is 1. The topological polar surface area (TPSA) is 67.8 Å². The molecule has 0 aromatic heterocycles. The van der Waals surface area contributed by atoms with Crippen LogP contribution in [-0.4, -0.2) is 23.6 Å². The third-order valence-electron chi connectivity index (χ3n) is 5.88. The van der Waals surface area contributed by atoms with Crippen LogP contribution in [0.5, 0.6) is 0 Å². The number of imide groups is 1. The van der Waals surface area contributed by atoms with Crippen LogP contribution in [-0.2, 0) is 14.4 Å². The van der Waals surface area contributed by atoms with E-state index in [0.717, 1.165) is 17.7 Å². The lowest BCUT2D eigenvalue weighted by molar-refractivity contribution is -0.127. The van der Waals surface area contributed by atoms with Gasteiger partial charge >= 0.3 is 0 Å². The first-order valence-electron chi connectivity index (χ1n) is 7.80. The Kier molecular flexibility index (Phi) is 2.23. The summed E-state index contributed by atoms with van der Waals surface area (Å²) in [4.78, 5) is 29.8. The van der Waals surface area contributed by atoms with Crippen molar-refractivity contribution in [2.24, 2.45) is 34.7 Å². The molecule has 5 nitrogen and oxygen atoms in total. The van der Waals surface area contributed by atoms with Crippen LogP contribution < -0.4 is 5.32 Å². The molecule has 5 rings (SSSR count). The number of oxime groups is 1. The first-order chi connectivity index (χ1) is 10.6. The molecule has 5 heteroatoms. The van der Waals surface area contributed by atoms with Crippen LogP contribution >= 0.6 is 0 Å². The Morgan fingerprint density at radius 2 is 1.73 bits per heavy atom. The van der Waals surface area contributed by atoms with Crippen LogP contribution in [0.1, 0.15) is 17.5 Å². The van der Waals surface area contributed by atoms with Crippen LogP contribution in [0, 0.1) is 36.5 Å². The quantitative estimate of drug-likeness (QED) is 0.793. The van der Waals surface area contributed by atoms with Gasteiger partial charge in [-0.25, -0.2) is 0 Å². The molecule has 2 heterocycles. The van der Waals surface area contributed by atoms with Crippen molar-refractivity contribution >= 4 is 17.5 Å². The summed E-state index contributed by atoms with van der Waals surface area (Å²) in [5, 5.41) is 6.81. The van der Waals surface area contributed by atoms with E-state index in [2.05, 4.69) is 41.7 Å².